The molecule has 1 aliphatic carbocycles. The number of fused-ring (bicyclic) bond motifs is 1. The molecule has 0 amide bonds. The quantitative estimate of drug-likeness (QED) is 0.576. The molecule has 4 nitrogen and oxygen atoms in total. The molecule has 1 aliphatic rings. The molecule has 1 atom stereocenters. The Balaban J connectivity index is 1.55. The second kappa shape index (κ2) is 7.88. The van der Waals surface area contributed by atoms with Crippen LogP contribution < -0.4 is 0 Å². The first-order valence-electron chi connectivity index (χ1n) is 9.65. The van der Waals surface area contributed by atoms with Gasteiger partial charge in [0.2, 0.25) is 0 Å². The Morgan fingerprint density at radius 3 is 2.55 bits per heavy atom. The molecule has 0 saturated heterocycles. The summed E-state index contributed by atoms with van der Waals surface area (Å²) in [6.07, 6.45) is 1.02. The molecule has 0 aliphatic heterocycles. The minimum atomic E-state index is -0.445. The van der Waals surface area contributed by atoms with Gasteiger partial charge in [-0.05, 0) is 48.9 Å². The average Bonchev–Trinajstić information content (AvgIpc) is 3.04. The summed E-state index contributed by atoms with van der Waals surface area (Å²) in [6, 6.07) is 15.4. The van der Waals surface area contributed by atoms with Crippen molar-refractivity contribution < 1.29 is 14.3 Å². The SMILES string of the molecule is Cc1ccc(COC(=O)c2[nH]c3c(c2C)C(=O)C[C@@H](c2ccccc2Cl)C3)cc1. The second-order valence-electron chi connectivity index (χ2n) is 7.59. The molecule has 0 saturated carbocycles. The van der Waals surface area contributed by atoms with E-state index in [-0.39, 0.29) is 18.3 Å². The monoisotopic (exact) mass is 407 g/mol. The molecule has 4 rings (SSSR count). The molecular formula is C24H22ClNO3. The van der Waals surface area contributed by atoms with Crippen molar-refractivity contribution in [1.29, 1.82) is 0 Å². The van der Waals surface area contributed by atoms with Crippen LogP contribution in [0.25, 0.3) is 0 Å². The summed E-state index contributed by atoms with van der Waals surface area (Å²) in [4.78, 5) is 28.6. The maximum absolute atomic E-state index is 12.8. The zero-order chi connectivity index (χ0) is 20.5. The molecule has 3 aromatic rings. The van der Waals surface area contributed by atoms with Crippen LogP contribution in [-0.2, 0) is 17.8 Å². The third-order valence-corrected chi connectivity index (χ3v) is 5.87. The van der Waals surface area contributed by atoms with E-state index in [2.05, 4.69) is 4.98 Å². The topological polar surface area (TPSA) is 59.2 Å². The summed E-state index contributed by atoms with van der Waals surface area (Å²) in [5.41, 5.74) is 5.46. The zero-order valence-corrected chi connectivity index (χ0v) is 17.2. The average molecular weight is 408 g/mol. The molecule has 5 heteroatoms. The molecule has 1 heterocycles. The first kappa shape index (κ1) is 19.5. The number of esters is 1. The number of ketones is 1. The number of aromatic amines is 1. The van der Waals surface area contributed by atoms with E-state index in [1.165, 1.54) is 0 Å². The van der Waals surface area contributed by atoms with Gasteiger partial charge >= 0.3 is 5.97 Å². The predicted molar refractivity (Wildman–Crippen MR) is 113 cm³/mol. The van der Waals surface area contributed by atoms with Gasteiger partial charge in [0.1, 0.15) is 12.3 Å². The van der Waals surface area contributed by atoms with Crippen LogP contribution in [0, 0.1) is 13.8 Å². The lowest BCUT2D eigenvalue weighted by Crippen LogP contribution is -2.18. The zero-order valence-electron chi connectivity index (χ0n) is 16.4. The molecule has 0 radical (unpaired) electrons. The smallest absolute Gasteiger partial charge is 0.355 e. The van der Waals surface area contributed by atoms with Crippen molar-refractivity contribution in [3.8, 4) is 0 Å². The number of rotatable bonds is 4. The number of carbonyl (C=O) groups is 2. The lowest BCUT2D eigenvalue weighted by atomic mass is 9.81. The van der Waals surface area contributed by atoms with Crippen molar-refractivity contribution in [3.05, 3.63) is 92.8 Å². The van der Waals surface area contributed by atoms with Crippen LogP contribution in [0.3, 0.4) is 0 Å². The highest BCUT2D eigenvalue weighted by atomic mass is 35.5. The molecule has 2 aromatic carbocycles. The highest BCUT2D eigenvalue weighted by Crippen LogP contribution is 2.37. The Hall–Kier alpha value is -2.85. The van der Waals surface area contributed by atoms with Crippen LogP contribution in [0.2, 0.25) is 5.02 Å². The Bertz CT molecular complexity index is 1080. The lowest BCUT2D eigenvalue weighted by Gasteiger charge is -2.22. The third kappa shape index (κ3) is 3.85. The molecule has 0 fully saturated rings. The number of halogens is 1. The van der Waals surface area contributed by atoms with Crippen molar-refractivity contribution >= 4 is 23.4 Å². The molecule has 29 heavy (non-hydrogen) atoms. The van der Waals surface area contributed by atoms with E-state index in [0.29, 0.717) is 34.7 Å². The van der Waals surface area contributed by atoms with E-state index in [0.717, 1.165) is 22.4 Å². The van der Waals surface area contributed by atoms with Gasteiger partial charge in [-0.2, -0.15) is 0 Å². The van der Waals surface area contributed by atoms with E-state index in [1.54, 1.807) is 6.92 Å². The minimum Gasteiger partial charge on any atom is -0.456 e. The van der Waals surface area contributed by atoms with E-state index in [4.69, 9.17) is 16.3 Å². The van der Waals surface area contributed by atoms with Crippen LogP contribution in [0.1, 0.15) is 61.1 Å². The largest absolute Gasteiger partial charge is 0.456 e. The maximum Gasteiger partial charge on any atom is 0.355 e. The summed E-state index contributed by atoms with van der Waals surface area (Å²) in [5, 5.41) is 0.662. The van der Waals surface area contributed by atoms with Gasteiger partial charge in [-0.1, -0.05) is 59.6 Å². The number of ether oxygens (including phenoxy) is 1. The molecule has 1 N–H and O–H groups in total. The fourth-order valence-corrected chi connectivity index (χ4v) is 4.26. The Morgan fingerprint density at radius 2 is 1.83 bits per heavy atom. The van der Waals surface area contributed by atoms with Crippen LogP contribution in [0.5, 0.6) is 0 Å². The van der Waals surface area contributed by atoms with Gasteiger partial charge < -0.3 is 9.72 Å². The second-order valence-corrected chi connectivity index (χ2v) is 8.00. The van der Waals surface area contributed by atoms with Gasteiger partial charge in [-0.25, -0.2) is 4.79 Å². The van der Waals surface area contributed by atoms with Crippen LogP contribution >= 0.6 is 11.6 Å². The van der Waals surface area contributed by atoms with E-state index >= 15 is 0 Å². The van der Waals surface area contributed by atoms with Gasteiger partial charge in [-0.3, -0.25) is 4.79 Å². The fourth-order valence-electron chi connectivity index (χ4n) is 3.97. The first-order valence-corrected chi connectivity index (χ1v) is 10.0. The Labute approximate surface area is 174 Å². The van der Waals surface area contributed by atoms with Gasteiger partial charge in [-0.15, -0.1) is 0 Å². The molecule has 148 valence electrons. The van der Waals surface area contributed by atoms with Crippen molar-refractivity contribution in [2.75, 3.05) is 0 Å². The maximum atomic E-state index is 12.8. The third-order valence-electron chi connectivity index (χ3n) is 5.53. The standard InChI is InChI=1S/C24H22ClNO3/c1-14-7-9-16(10-8-14)13-29-24(28)23-15(2)22-20(26-23)11-17(12-21(22)27)18-5-3-4-6-19(18)25/h3-10,17,26H,11-13H2,1-2H3/t17-/m0/s1. The highest BCUT2D eigenvalue weighted by Gasteiger charge is 2.32. The van der Waals surface area contributed by atoms with Crippen LogP contribution in [-0.4, -0.2) is 16.7 Å². The molecule has 0 unspecified atom stereocenters. The number of hydrogen-bond acceptors (Lipinski definition) is 3. The Morgan fingerprint density at radius 1 is 1.10 bits per heavy atom. The lowest BCUT2D eigenvalue weighted by molar-refractivity contribution is 0.0465. The predicted octanol–water partition coefficient (Wildman–Crippen LogP) is 5.55. The fraction of sp³-hybridized carbons (Fsp3) is 0.250. The number of aryl methyl sites for hydroxylation is 1. The number of benzene rings is 2. The molecule has 1 aromatic heterocycles. The Kier molecular flexibility index (Phi) is 5.29. The number of H-pyrrole nitrogens is 1. The van der Waals surface area contributed by atoms with Gasteiger partial charge in [0.25, 0.3) is 0 Å². The number of nitrogens with one attached hydrogen (secondary N) is 1. The van der Waals surface area contributed by atoms with Crippen molar-refractivity contribution in [2.24, 2.45) is 0 Å². The summed E-state index contributed by atoms with van der Waals surface area (Å²) in [7, 11) is 0. The van der Waals surface area contributed by atoms with Crippen molar-refractivity contribution in [1.82, 2.24) is 4.98 Å². The minimum absolute atomic E-state index is 0.00169. The van der Waals surface area contributed by atoms with Crippen LogP contribution in [0.15, 0.2) is 48.5 Å². The van der Waals surface area contributed by atoms with Gasteiger partial charge in [0, 0.05) is 22.7 Å². The van der Waals surface area contributed by atoms with E-state index < -0.39 is 5.97 Å². The van der Waals surface area contributed by atoms with Crippen molar-refractivity contribution in [2.45, 2.75) is 39.2 Å². The van der Waals surface area contributed by atoms with Crippen molar-refractivity contribution in [3.63, 3.8) is 0 Å². The van der Waals surface area contributed by atoms with Crippen LogP contribution in [0.4, 0.5) is 0 Å². The molecule has 0 bridgehead atoms. The van der Waals surface area contributed by atoms with E-state index in [1.807, 2.05) is 55.5 Å². The van der Waals surface area contributed by atoms with Gasteiger partial charge in [0.05, 0.1) is 0 Å². The number of Topliss-reactive ketones (excluding diaryl/α,β-unsaturated/α-hetero) is 1. The molecule has 0 spiro atoms. The summed E-state index contributed by atoms with van der Waals surface area (Å²) in [6.45, 7) is 4.00. The van der Waals surface area contributed by atoms with Gasteiger partial charge in [0.15, 0.2) is 5.78 Å². The first-order chi connectivity index (χ1) is 13.9. The summed E-state index contributed by atoms with van der Waals surface area (Å²) < 4.78 is 5.48. The molecular weight excluding hydrogens is 386 g/mol. The summed E-state index contributed by atoms with van der Waals surface area (Å²) >= 11 is 6.33. The number of carbonyl (C=O) groups excluding carboxylic acids is 2. The normalized spacial score (nSPS) is 15.8. The highest BCUT2D eigenvalue weighted by molar-refractivity contribution is 6.31. The number of hydrogen-bond donors (Lipinski definition) is 1. The number of aromatic nitrogens is 1. The summed E-state index contributed by atoms with van der Waals surface area (Å²) in [5.74, 6) is -0.416. The van der Waals surface area contributed by atoms with E-state index in [9.17, 15) is 9.59 Å².